The van der Waals surface area contributed by atoms with Gasteiger partial charge in [-0.15, -0.1) is 0 Å². The second kappa shape index (κ2) is 6.75. The van der Waals surface area contributed by atoms with E-state index in [1.807, 2.05) is 0 Å². The maximum atomic E-state index is 5.46. The van der Waals surface area contributed by atoms with Gasteiger partial charge in [0.05, 0.1) is 6.10 Å². The van der Waals surface area contributed by atoms with Gasteiger partial charge in [0, 0.05) is 38.0 Å². The highest BCUT2D eigenvalue weighted by atomic mass is 16.5. The van der Waals surface area contributed by atoms with Crippen LogP contribution < -0.4 is 10.2 Å². The van der Waals surface area contributed by atoms with Gasteiger partial charge in [-0.05, 0) is 51.3 Å². The maximum absolute atomic E-state index is 5.46. The number of aryl methyl sites for hydroxylation is 1. The largest absolute Gasteiger partial charge is 0.380 e. The summed E-state index contributed by atoms with van der Waals surface area (Å²) in [5, 5.41) is 3.56. The van der Waals surface area contributed by atoms with Gasteiger partial charge in [-0.3, -0.25) is 0 Å². The molecular formula is C17H29N3O. The first-order valence-electron chi connectivity index (χ1n) is 7.94. The van der Waals surface area contributed by atoms with Gasteiger partial charge in [-0.2, -0.15) is 0 Å². The van der Waals surface area contributed by atoms with Gasteiger partial charge in [0.1, 0.15) is 5.82 Å². The van der Waals surface area contributed by atoms with Crippen LogP contribution >= 0.6 is 0 Å². The van der Waals surface area contributed by atoms with Gasteiger partial charge in [0.2, 0.25) is 0 Å². The number of methoxy groups -OCH3 is 1. The summed E-state index contributed by atoms with van der Waals surface area (Å²) >= 11 is 0. The summed E-state index contributed by atoms with van der Waals surface area (Å²) in [6, 6.07) is 4.43. The molecule has 0 bridgehead atoms. The average Bonchev–Trinajstić information content (AvgIpc) is 2.93. The third-order valence-electron chi connectivity index (χ3n) is 3.91. The van der Waals surface area contributed by atoms with Crippen LogP contribution in [0.15, 0.2) is 12.1 Å². The molecule has 1 N–H and O–H groups in total. The normalized spacial score (nSPS) is 19.3. The molecule has 1 saturated heterocycles. The molecule has 0 spiro atoms. The van der Waals surface area contributed by atoms with E-state index in [-0.39, 0.29) is 5.54 Å². The average molecular weight is 291 g/mol. The van der Waals surface area contributed by atoms with Crippen LogP contribution in [0.25, 0.3) is 0 Å². The zero-order chi connectivity index (χ0) is 15.5. The second-order valence-corrected chi connectivity index (χ2v) is 6.87. The number of ether oxygens (including phenoxy) is 1. The zero-order valence-electron chi connectivity index (χ0n) is 14.1. The first-order chi connectivity index (χ1) is 9.91. The van der Waals surface area contributed by atoms with Crippen LogP contribution in [0.5, 0.6) is 0 Å². The molecule has 1 aromatic rings. The van der Waals surface area contributed by atoms with Crippen LogP contribution in [0.3, 0.4) is 0 Å². The topological polar surface area (TPSA) is 37.4 Å². The molecule has 1 fully saturated rings. The quantitative estimate of drug-likeness (QED) is 0.905. The Morgan fingerprint density at radius 1 is 1.38 bits per heavy atom. The number of hydrogen-bond acceptors (Lipinski definition) is 4. The Bertz CT molecular complexity index is 468. The summed E-state index contributed by atoms with van der Waals surface area (Å²) in [6.45, 7) is 11.6. The van der Waals surface area contributed by atoms with E-state index in [0.29, 0.717) is 6.10 Å². The summed E-state index contributed by atoms with van der Waals surface area (Å²) in [5.74, 6) is 1.10. The van der Waals surface area contributed by atoms with Crippen LogP contribution in [0.2, 0.25) is 0 Å². The maximum Gasteiger partial charge on any atom is 0.129 e. The highest BCUT2D eigenvalue weighted by Crippen LogP contribution is 2.22. The molecule has 1 aromatic heterocycles. The van der Waals surface area contributed by atoms with Crippen molar-refractivity contribution in [2.75, 3.05) is 25.1 Å². The fraction of sp³-hybridized carbons (Fsp3) is 0.706. The minimum absolute atomic E-state index is 0.130. The summed E-state index contributed by atoms with van der Waals surface area (Å²) in [4.78, 5) is 7.13. The smallest absolute Gasteiger partial charge is 0.129 e. The Kier molecular flexibility index (Phi) is 5.22. The van der Waals surface area contributed by atoms with Gasteiger partial charge >= 0.3 is 0 Å². The highest BCUT2D eigenvalue weighted by Gasteiger charge is 2.23. The minimum atomic E-state index is 0.130. The molecule has 1 aliphatic heterocycles. The van der Waals surface area contributed by atoms with Gasteiger partial charge in [0.25, 0.3) is 0 Å². The summed E-state index contributed by atoms with van der Waals surface area (Å²) < 4.78 is 5.46. The molecular weight excluding hydrogens is 262 g/mol. The van der Waals surface area contributed by atoms with Crippen molar-refractivity contribution in [2.24, 2.45) is 0 Å². The standard InChI is InChI=1S/C17H29N3O/c1-6-14-9-13(11-18-17(2,3)4)10-16(19-14)20-8-7-15(12-20)21-5/h9-10,15,18H,6-8,11-12H2,1-5H3. The van der Waals surface area contributed by atoms with Gasteiger partial charge < -0.3 is 15.0 Å². The van der Waals surface area contributed by atoms with Crippen LogP contribution in [0.4, 0.5) is 5.82 Å². The van der Waals surface area contributed by atoms with Crippen molar-refractivity contribution < 1.29 is 4.74 Å². The number of aromatic nitrogens is 1. The van der Waals surface area contributed by atoms with Crippen molar-refractivity contribution in [1.29, 1.82) is 0 Å². The summed E-state index contributed by atoms with van der Waals surface area (Å²) in [5.41, 5.74) is 2.61. The van der Waals surface area contributed by atoms with E-state index in [2.05, 4.69) is 50.0 Å². The first kappa shape index (κ1) is 16.2. The van der Waals surface area contributed by atoms with Gasteiger partial charge in [-0.25, -0.2) is 4.98 Å². The van der Waals surface area contributed by atoms with Crippen LogP contribution in [-0.4, -0.2) is 36.8 Å². The van der Waals surface area contributed by atoms with Crippen LogP contribution in [0, 0.1) is 0 Å². The third-order valence-corrected chi connectivity index (χ3v) is 3.91. The van der Waals surface area contributed by atoms with Crippen molar-refractivity contribution in [3.05, 3.63) is 23.4 Å². The van der Waals surface area contributed by atoms with Crippen molar-refractivity contribution in [2.45, 2.75) is 58.7 Å². The van der Waals surface area contributed by atoms with Crippen molar-refractivity contribution in [3.8, 4) is 0 Å². The summed E-state index contributed by atoms with van der Waals surface area (Å²) in [7, 11) is 1.79. The van der Waals surface area contributed by atoms with Crippen LogP contribution in [0.1, 0.15) is 45.4 Å². The Morgan fingerprint density at radius 2 is 2.14 bits per heavy atom. The van der Waals surface area contributed by atoms with E-state index in [0.717, 1.165) is 38.3 Å². The predicted octanol–water partition coefficient (Wildman–Crippen LogP) is 2.76. The second-order valence-electron chi connectivity index (χ2n) is 6.87. The third kappa shape index (κ3) is 4.68. The number of hydrogen-bond donors (Lipinski definition) is 1. The lowest BCUT2D eigenvalue weighted by atomic mass is 10.1. The number of pyridine rings is 1. The van der Waals surface area contributed by atoms with Crippen molar-refractivity contribution in [1.82, 2.24) is 10.3 Å². The van der Waals surface area contributed by atoms with E-state index in [9.17, 15) is 0 Å². The highest BCUT2D eigenvalue weighted by molar-refractivity contribution is 5.44. The molecule has 1 unspecified atom stereocenters. The SMILES string of the molecule is CCc1cc(CNC(C)(C)C)cc(N2CCC(OC)C2)n1. The molecule has 21 heavy (non-hydrogen) atoms. The molecule has 4 nitrogen and oxygen atoms in total. The van der Waals surface area contributed by atoms with Gasteiger partial charge in [-0.1, -0.05) is 6.92 Å². The molecule has 0 radical (unpaired) electrons. The molecule has 1 aliphatic rings. The predicted molar refractivity (Wildman–Crippen MR) is 87.8 cm³/mol. The Morgan fingerprint density at radius 3 is 2.71 bits per heavy atom. The van der Waals surface area contributed by atoms with E-state index in [1.54, 1.807) is 7.11 Å². The molecule has 0 amide bonds. The molecule has 2 heterocycles. The minimum Gasteiger partial charge on any atom is -0.380 e. The number of nitrogens with zero attached hydrogens (tertiary/aromatic N) is 2. The first-order valence-corrected chi connectivity index (χ1v) is 7.94. The number of anilines is 1. The summed E-state index contributed by atoms with van der Waals surface area (Å²) in [6.07, 6.45) is 2.40. The Labute approximate surface area is 128 Å². The van der Waals surface area contributed by atoms with E-state index >= 15 is 0 Å². The van der Waals surface area contributed by atoms with E-state index in [1.165, 1.54) is 11.3 Å². The van der Waals surface area contributed by atoms with E-state index < -0.39 is 0 Å². The number of nitrogens with one attached hydrogen (secondary N) is 1. The Hall–Kier alpha value is -1.13. The lowest BCUT2D eigenvalue weighted by molar-refractivity contribution is 0.121. The van der Waals surface area contributed by atoms with Crippen LogP contribution in [-0.2, 0) is 17.7 Å². The van der Waals surface area contributed by atoms with Crippen molar-refractivity contribution in [3.63, 3.8) is 0 Å². The van der Waals surface area contributed by atoms with Gasteiger partial charge in [0.15, 0.2) is 0 Å². The zero-order valence-corrected chi connectivity index (χ0v) is 14.1. The van der Waals surface area contributed by atoms with Crippen molar-refractivity contribution >= 4 is 5.82 Å². The number of rotatable bonds is 5. The molecule has 4 heteroatoms. The molecule has 0 aliphatic carbocycles. The lowest BCUT2D eigenvalue weighted by Crippen LogP contribution is -2.35. The molecule has 0 aromatic carbocycles. The molecule has 118 valence electrons. The molecule has 2 rings (SSSR count). The molecule has 1 atom stereocenters. The van der Waals surface area contributed by atoms with E-state index in [4.69, 9.17) is 9.72 Å². The Balaban J connectivity index is 2.14. The fourth-order valence-corrected chi connectivity index (χ4v) is 2.57. The lowest BCUT2D eigenvalue weighted by Gasteiger charge is -2.22. The fourth-order valence-electron chi connectivity index (χ4n) is 2.57. The monoisotopic (exact) mass is 291 g/mol. The molecule has 0 saturated carbocycles.